The molecule has 1 aliphatic carbocycles. The van der Waals surface area contributed by atoms with Crippen LogP contribution >= 0.6 is 23.4 Å². The van der Waals surface area contributed by atoms with Crippen LogP contribution in [0.4, 0.5) is 0 Å². The van der Waals surface area contributed by atoms with Crippen molar-refractivity contribution in [3.63, 3.8) is 0 Å². The second-order valence-corrected chi connectivity index (χ2v) is 7.10. The van der Waals surface area contributed by atoms with E-state index in [1.165, 1.54) is 30.6 Å². The van der Waals surface area contributed by atoms with Crippen LogP contribution in [-0.4, -0.2) is 15.7 Å². The molecule has 4 heteroatoms. The second-order valence-electron chi connectivity index (χ2n) is 5.38. The van der Waals surface area contributed by atoms with Crippen molar-refractivity contribution in [3.8, 4) is 11.4 Å². The van der Waals surface area contributed by atoms with Crippen molar-refractivity contribution >= 4 is 23.4 Å². The molecule has 1 aromatic carbocycles. The third-order valence-electron chi connectivity index (χ3n) is 3.91. The van der Waals surface area contributed by atoms with Crippen LogP contribution in [0, 0.1) is 0 Å². The Morgan fingerprint density at radius 3 is 2.52 bits per heavy atom. The molecule has 0 radical (unpaired) electrons. The van der Waals surface area contributed by atoms with Gasteiger partial charge in [0.2, 0.25) is 0 Å². The largest absolute Gasteiger partial charge is 0.233 e. The van der Waals surface area contributed by atoms with Crippen LogP contribution in [-0.2, 0) is 0 Å². The first kappa shape index (κ1) is 14.9. The van der Waals surface area contributed by atoms with Gasteiger partial charge in [-0.1, -0.05) is 43.5 Å². The standard InChI is InChI=1S/C17H19ClN2S/c1-2-21-14-9-7-13(8-10-14)17-19-15(11-16(18)20-17)12-5-3-4-6-12/h7-12H,2-6H2,1H3. The number of thioether (sulfide) groups is 1. The van der Waals surface area contributed by atoms with Crippen LogP contribution in [0.25, 0.3) is 11.4 Å². The van der Waals surface area contributed by atoms with Gasteiger partial charge in [-0.15, -0.1) is 11.8 Å². The van der Waals surface area contributed by atoms with Crippen molar-refractivity contribution in [1.29, 1.82) is 0 Å². The van der Waals surface area contributed by atoms with Gasteiger partial charge in [0.1, 0.15) is 5.15 Å². The van der Waals surface area contributed by atoms with E-state index in [0.29, 0.717) is 11.1 Å². The van der Waals surface area contributed by atoms with E-state index in [9.17, 15) is 0 Å². The molecule has 0 unspecified atom stereocenters. The van der Waals surface area contributed by atoms with Gasteiger partial charge >= 0.3 is 0 Å². The summed E-state index contributed by atoms with van der Waals surface area (Å²) < 4.78 is 0. The van der Waals surface area contributed by atoms with Gasteiger partial charge in [-0.3, -0.25) is 0 Å². The molecule has 1 saturated carbocycles. The Bertz CT molecular complexity index is 607. The van der Waals surface area contributed by atoms with Crippen molar-refractivity contribution in [2.75, 3.05) is 5.75 Å². The summed E-state index contributed by atoms with van der Waals surface area (Å²) in [5, 5.41) is 0.550. The lowest BCUT2D eigenvalue weighted by Gasteiger charge is -2.11. The zero-order valence-electron chi connectivity index (χ0n) is 12.2. The zero-order chi connectivity index (χ0) is 14.7. The fourth-order valence-electron chi connectivity index (χ4n) is 2.86. The lowest BCUT2D eigenvalue weighted by atomic mass is 10.0. The van der Waals surface area contributed by atoms with Crippen molar-refractivity contribution < 1.29 is 0 Å². The molecule has 0 aliphatic heterocycles. The van der Waals surface area contributed by atoms with Crippen molar-refractivity contribution in [2.45, 2.75) is 43.4 Å². The Morgan fingerprint density at radius 2 is 1.86 bits per heavy atom. The summed E-state index contributed by atoms with van der Waals surface area (Å²) in [6, 6.07) is 10.4. The number of hydrogen-bond acceptors (Lipinski definition) is 3. The van der Waals surface area contributed by atoms with Crippen LogP contribution in [0.2, 0.25) is 5.15 Å². The van der Waals surface area contributed by atoms with Crippen LogP contribution in [0.15, 0.2) is 35.2 Å². The summed E-state index contributed by atoms with van der Waals surface area (Å²) in [6.07, 6.45) is 5.03. The molecule has 0 saturated heterocycles. The summed E-state index contributed by atoms with van der Waals surface area (Å²) in [7, 11) is 0. The lowest BCUT2D eigenvalue weighted by Crippen LogP contribution is -2.00. The predicted molar refractivity (Wildman–Crippen MR) is 90.1 cm³/mol. The third kappa shape index (κ3) is 3.58. The minimum atomic E-state index is 0.550. The number of benzene rings is 1. The fraction of sp³-hybridized carbons (Fsp3) is 0.412. The Hall–Kier alpha value is -1.06. The predicted octanol–water partition coefficient (Wildman–Crippen LogP) is 5.57. The minimum Gasteiger partial charge on any atom is -0.233 e. The number of rotatable bonds is 4. The van der Waals surface area contributed by atoms with E-state index in [0.717, 1.165) is 22.8 Å². The lowest BCUT2D eigenvalue weighted by molar-refractivity contribution is 0.695. The smallest absolute Gasteiger partial charge is 0.161 e. The topological polar surface area (TPSA) is 25.8 Å². The number of nitrogens with zero attached hydrogens (tertiary/aromatic N) is 2. The zero-order valence-corrected chi connectivity index (χ0v) is 13.8. The van der Waals surface area contributed by atoms with E-state index < -0.39 is 0 Å². The quantitative estimate of drug-likeness (QED) is 0.544. The molecule has 2 nitrogen and oxygen atoms in total. The Labute approximate surface area is 135 Å². The highest BCUT2D eigenvalue weighted by molar-refractivity contribution is 7.99. The second kappa shape index (κ2) is 6.80. The van der Waals surface area contributed by atoms with Gasteiger partial charge in [0.15, 0.2) is 5.82 Å². The average Bonchev–Trinajstić information content (AvgIpc) is 3.02. The molecular formula is C17H19ClN2S. The van der Waals surface area contributed by atoms with Crippen LogP contribution in [0.1, 0.15) is 44.2 Å². The van der Waals surface area contributed by atoms with E-state index in [-0.39, 0.29) is 0 Å². The first-order chi connectivity index (χ1) is 10.3. The molecular weight excluding hydrogens is 300 g/mol. The number of aromatic nitrogens is 2. The molecule has 0 atom stereocenters. The number of hydrogen-bond donors (Lipinski definition) is 0. The molecule has 0 amide bonds. The summed E-state index contributed by atoms with van der Waals surface area (Å²) in [5.74, 6) is 2.38. The Kier molecular flexibility index (Phi) is 4.81. The van der Waals surface area contributed by atoms with Crippen molar-refractivity contribution in [2.24, 2.45) is 0 Å². The van der Waals surface area contributed by atoms with E-state index >= 15 is 0 Å². The maximum Gasteiger partial charge on any atom is 0.161 e. The molecule has 0 N–H and O–H groups in total. The summed E-state index contributed by atoms with van der Waals surface area (Å²) in [5.41, 5.74) is 2.15. The van der Waals surface area contributed by atoms with Gasteiger partial charge in [0.05, 0.1) is 0 Å². The maximum atomic E-state index is 6.20. The highest BCUT2D eigenvalue weighted by Gasteiger charge is 2.20. The monoisotopic (exact) mass is 318 g/mol. The summed E-state index contributed by atoms with van der Waals surface area (Å²) >= 11 is 8.04. The number of halogens is 1. The van der Waals surface area contributed by atoms with Gasteiger partial charge < -0.3 is 0 Å². The van der Waals surface area contributed by atoms with Gasteiger partial charge in [0.25, 0.3) is 0 Å². The van der Waals surface area contributed by atoms with Crippen LogP contribution in [0.3, 0.4) is 0 Å². The van der Waals surface area contributed by atoms with E-state index in [2.05, 4.69) is 36.2 Å². The third-order valence-corrected chi connectivity index (χ3v) is 5.00. The van der Waals surface area contributed by atoms with Crippen LogP contribution < -0.4 is 0 Å². The van der Waals surface area contributed by atoms with Gasteiger partial charge in [-0.25, -0.2) is 9.97 Å². The summed E-state index contributed by atoms with van der Waals surface area (Å²) in [4.78, 5) is 10.4. The average molecular weight is 319 g/mol. The molecule has 21 heavy (non-hydrogen) atoms. The molecule has 1 heterocycles. The van der Waals surface area contributed by atoms with Crippen LogP contribution in [0.5, 0.6) is 0 Å². The van der Waals surface area contributed by atoms with Crippen molar-refractivity contribution in [1.82, 2.24) is 9.97 Å². The molecule has 2 aromatic rings. The Balaban J connectivity index is 1.90. The van der Waals surface area contributed by atoms with E-state index in [4.69, 9.17) is 16.6 Å². The summed E-state index contributed by atoms with van der Waals surface area (Å²) in [6.45, 7) is 2.16. The maximum absolute atomic E-state index is 6.20. The first-order valence-corrected chi connectivity index (χ1v) is 8.90. The first-order valence-electron chi connectivity index (χ1n) is 7.54. The molecule has 110 valence electrons. The van der Waals surface area contributed by atoms with Gasteiger partial charge in [-0.2, -0.15) is 0 Å². The fourth-order valence-corrected chi connectivity index (χ4v) is 3.72. The van der Waals surface area contributed by atoms with Crippen molar-refractivity contribution in [3.05, 3.63) is 41.2 Å². The van der Waals surface area contributed by atoms with Gasteiger partial charge in [-0.05, 0) is 36.8 Å². The highest BCUT2D eigenvalue weighted by atomic mass is 35.5. The molecule has 1 fully saturated rings. The normalized spacial score (nSPS) is 15.5. The SMILES string of the molecule is CCSc1ccc(-c2nc(Cl)cc(C3CCCC3)n2)cc1. The molecule has 0 bridgehead atoms. The molecule has 3 rings (SSSR count). The van der Waals surface area contributed by atoms with E-state index in [1.54, 1.807) is 0 Å². The van der Waals surface area contributed by atoms with E-state index in [1.807, 2.05) is 17.8 Å². The molecule has 1 aliphatic rings. The Morgan fingerprint density at radius 1 is 1.14 bits per heavy atom. The highest BCUT2D eigenvalue weighted by Crippen LogP contribution is 2.34. The molecule has 0 spiro atoms. The minimum absolute atomic E-state index is 0.550. The van der Waals surface area contributed by atoms with Gasteiger partial charge in [0, 0.05) is 22.1 Å². The molecule has 1 aromatic heterocycles.